The Morgan fingerprint density at radius 3 is 1.96 bits per heavy atom. The normalized spacial score (nSPS) is 11.0. The van der Waals surface area contributed by atoms with Gasteiger partial charge in [0.05, 0.1) is 13.2 Å². The van der Waals surface area contributed by atoms with Crippen molar-refractivity contribution >= 4 is 11.9 Å². The molecule has 0 bridgehead atoms. The lowest BCUT2D eigenvalue weighted by Crippen LogP contribution is -2.57. The predicted molar refractivity (Wildman–Crippen MR) is 106 cm³/mol. The quantitative estimate of drug-likeness (QED) is 0.500. The maximum atomic E-state index is 12.2. The zero-order chi connectivity index (χ0) is 20.4. The first-order valence-electron chi connectivity index (χ1n) is 9.38. The van der Waals surface area contributed by atoms with Crippen LogP contribution in [0.1, 0.15) is 31.4 Å². The molecule has 6 heteroatoms. The van der Waals surface area contributed by atoms with E-state index in [1.165, 1.54) is 0 Å². The van der Waals surface area contributed by atoms with E-state index in [4.69, 9.17) is 19.9 Å². The molecule has 2 rings (SSSR count). The first kappa shape index (κ1) is 21.4. The first-order chi connectivity index (χ1) is 13.5. The number of nitrogens with two attached hydrogens (primary N) is 1. The molecule has 0 unspecified atom stereocenters. The van der Waals surface area contributed by atoms with Gasteiger partial charge in [-0.05, 0) is 49.9 Å². The Bertz CT molecular complexity index is 740. The van der Waals surface area contributed by atoms with Crippen molar-refractivity contribution in [2.45, 2.75) is 38.8 Å². The molecule has 6 nitrogen and oxygen atoms in total. The van der Waals surface area contributed by atoms with Crippen LogP contribution in [0.25, 0.3) is 0 Å². The minimum absolute atomic E-state index is 0.0921. The molecule has 0 atom stereocenters. The van der Waals surface area contributed by atoms with Gasteiger partial charge in [0.1, 0.15) is 12.4 Å². The SMILES string of the molecule is CCOC(=O)C(N)(CCc1ccc(OCc2ccccc2)cc1)C(=O)OCC. The number of esters is 2. The van der Waals surface area contributed by atoms with Crippen LogP contribution in [-0.4, -0.2) is 30.7 Å². The van der Waals surface area contributed by atoms with E-state index in [1.807, 2.05) is 54.6 Å². The monoisotopic (exact) mass is 385 g/mol. The number of ether oxygens (including phenoxy) is 3. The molecule has 0 fully saturated rings. The third-order valence-electron chi connectivity index (χ3n) is 4.26. The van der Waals surface area contributed by atoms with Gasteiger partial charge in [0.15, 0.2) is 0 Å². The minimum atomic E-state index is -1.81. The molecule has 28 heavy (non-hydrogen) atoms. The second-order valence-electron chi connectivity index (χ2n) is 6.33. The number of hydrogen-bond donors (Lipinski definition) is 1. The predicted octanol–water partition coefficient (Wildman–Crippen LogP) is 3.02. The van der Waals surface area contributed by atoms with Crippen LogP contribution in [0, 0.1) is 0 Å². The summed E-state index contributed by atoms with van der Waals surface area (Å²) in [5.74, 6) is -0.796. The number of carbonyl (C=O) groups is 2. The molecule has 0 aromatic heterocycles. The van der Waals surface area contributed by atoms with Crippen LogP contribution < -0.4 is 10.5 Å². The average molecular weight is 385 g/mol. The summed E-state index contributed by atoms with van der Waals surface area (Å²) < 4.78 is 15.7. The van der Waals surface area contributed by atoms with Gasteiger partial charge in [0.2, 0.25) is 5.54 Å². The third-order valence-corrected chi connectivity index (χ3v) is 4.26. The highest BCUT2D eigenvalue weighted by atomic mass is 16.6. The van der Waals surface area contributed by atoms with Crippen LogP contribution in [-0.2, 0) is 32.1 Å². The molecule has 2 N–H and O–H groups in total. The Kier molecular flexibility index (Phi) is 8.02. The summed E-state index contributed by atoms with van der Waals surface area (Å²) in [6.07, 6.45) is 0.516. The average Bonchev–Trinajstić information content (AvgIpc) is 2.72. The molecule has 0 aliphatic heterocycles. The van der Waals surface area contributed by atoms with Gasteiger partial charge in [0, 0.05) is 0 Å². The molecule has 0 spiro atoms. The fraction of sp³-hybridized carbons (Fsp3) is 0.364. The lowest BCUT2D eigenvalue weighted by Gasteiger charge is -2.24. The van der Waals surface area contributed by atoms with Crippen LogP contribution in [0.4, 0.5) is 0 Å². The van der Waals surface area contributed by atoms with Crippen molar-refractivity contribution in [2.24, 2.45) is 5.73 Å². The summed E-state index contributed by atoms with van der Waals surface area (Å²) in [5.41, 5.74) is 6.28. The van der Waals surface area contributed by atoms with E-state index in [1.54, 1.807) is 13.8 Å². The van der Waals surface area contributed by atoms with E-state index in [0.29, 0.717) is 13.0 Å². The Hall–Kier alpha value is -2.86. The van der Waals surface area contributed by atoms with Crippen molar-refractivity contribution in [2.75, 3.05) is 13.2 Å². The van der Waals surface area contributed by atoms with E-state index in [0.717, 1.165) is 16.9 Å². The number of carbonyl (C=O) groups excluding carboxylic acids is 2. The second kappa shape index (κ2) is 10.5. The molecule has 2 aromatic carbocycles. The molecule has 0 amide bonds. The summed E-state index contributed by atoms with van der Waals surface area (Å²) in [6.45, 7) is 4.10. The van der Waals surface area contributed by atoms with Gasteiger partial charge in [-0.15, -0.1) is 0 Å². The van der Waals surface area contributed by atoms with E-state index < -0.39 is 17.5 Å². The lowest BCUT2D eigenvalue weighted by atomic mass is 9.92. The fourth-order valence-corrected chi connectivity index (χ4v) is 2.64. The molecule has 0 saturated carbocycles. The Balaban J connectivity index is 1.97. The maximum Gasteiger partial charge on any atom is 0.337 e. The van der Waals surface area contributed by atoms with Crippen molar-refractivity contribution in [1.82, 2.24) is 0 Å². The van der Waals surface area contributed by atoms with E-state index in [9.17, 15) is 9.59 Å². The molecule has 0 radical (unpaired) electrons. The summed E-state index contributed by atoms with van der Waals surface area (Å²) in [5, 5.41) is 0. The molecular formula is C22H27NO5. The topological polar surface area (TPSA) is 87.9 Å². The number of rotatable bonds is 10. The lowest BCUT2D eigenvalue weighted by molar-refractivity contribution is -0.164. The van der Waals surface area contributed by atoms with Gasteiger partial charge < -0.3 is 19.9 Å². The standard InChI is InChI=1S/C22H27NO5/c1-3-26-20(24)22(23,21(25)27-4-2)15-14-17-10-12-19(13-11-17)28-16-18-8-6-5-7-9-18/h5-13H,3-4,14-16,23H2,1-2H3. The molecule has 0 aliphatic rings. The smallest absolute Gasteiger partial charge is 0.337 e. The molecule has 0 saturated heterocycles. The summed E-state index contributed by atoms with van der Waals surface area (Å²) in [7, 11) is 0. The van der Waals surface area contributed by atoms with Crippen molar-refractivity contribution in [3.63, 3.8) is 0 Å². The largest absolute Gasteiger partial charge is 0.489 e. The molecular weight excluding hydrogens is 358 g/mol. The van der Waals surface area contributed by atoms with E-state index >= 15 is 0 Å². The zero-order valence-corrected chi connectivity index (χ0v) is 16.4. The van der Waals surface area contributed by atoms with Crippen molar-refractivity contribution in [3.05, 3.63) is 65.7 Å². The van der Waals surface area contributed by atoms with E-state index in [-0.39, 0.29) is 19.6 Å². The number of aryl methyl sites for hydroxylation is 1. The maximum absolute atomic E-state index is 12.2. The van der Waals surface area contributed by atoms with Crippen LogP contribution in [0.15, 0.2) is 54.6 Å². The second-order valence-corrected chi connectivity index (χ2v) is 6.33. The summed E-state index contributed by atoms with van der Waals surface area (Å²) in [4.78, 5) is 24.4. The van der Waals surface area contributed by atoms with Gasteiger partial charge in [-0.1, -0.05) is 42.5 Å². The van der Waals surface area contributed by atoms with Crippen molar-refractivity contribution < 1.29 is 23.8 Å². The van der Waals surface area contributed by atoms with Crippen LogP contribution in [0.3, 0.4) is 0 Å². The molecule has 150 valence electrons. The van der Waals surface area contributed by atoms with Gasteiger partial charge in [-0.3, -0.25) is 0 Å². The van der Waals surface area contributed by atoms with Crippen LogP contribution in [0.5, 0.6) is 5.75 Å². The molecule has 0 heterocycles. The number of hydrogen-bond acceptors (Lipinski definition) is 6. The highest BCUT2D eigenvalue weighted by molar-refractivity contribution is 6.04. The minimum Gasteiger partial charge on any atom is -0.489 e. The fourth-order valence-electron chi connectivity index (χ4n) is 2.64. The first-order valence-corrected chi connectivity index (χ1v) is 9.38. The number of benzene rings is 2. The third kappa shape index (κ3) is 5.82. The highest BCUT2D eigenvalue weighted by Gasteiger charge is 2.44. The van der Waals surface area contributed by atoms with Gasteiger partial charge >= 0.3 is 11.9 Å². The van der Waals surface area contributed by atoms with Crippen LogP contribution in [0.2, 0.25) is 0 Å². The van der Waals surface area contributed by atoms with Gasteiger partial charge in [0.25, 0.3) is 0 Å². The van der Waals surface area contributed by atoms with E-state index in [2.05, 4.69) is 0 Å². The Morgan fingerprint density at radius 2 is 1.43 bits per heavy atom. The van der Waals surface area contributed by atoms with Gasteiger partial charge in [-0.25, -0.2) is 9.59 Å². The zero-order valence-electron chi connectivity index (χ0n) is 16.4. The van der Waals surface area contributed by atoms with Crippen molar-refractivity contribution in [3.8, 4) is 5.75 Å². The molecule has 0 aliphatic carbocycles. The molecule has 2 aromatic rings. The Labute approximate surface area is 165 Å². The summed E-state index contributed by atoms with van der Waals surface area (Å²) in [6, 6.07) is 17.4. The van der Waals surface area contributed by atoms with Gasteiger partial charge in [-0.2, -0.15) is 0 Å². The Morgan fingerprint density at radius 1 is 0.857 bits per heavy atom. The van der Waals surface area contributed by atoms with Crippen molar-refractivity contribution in [1.29, 1.82) is 0 Å². The van der Waals surface area contributed by atoms with Crippen LogP contribution >= 0.6 is 0 Å². The summed E-state index contributed by atoms with van der Waals surface area (Å²) >= 11 is 0. The highest BCUT2D eigenvalue weighted by Crippen LogP contribution is 2.19.